The van der Waals surface area contributed by atoms with Crippen LogP contribution >= 0.6 is 0 Å². The Morgan fingerprint density at radius 3 is 2.26 bits per heavy atom. The van der Waals surface area contributed by atoms with E-state index in [9.17, 15) is 4.79 Å². The van der Waals surface area contributed by atoms with E-state index in [1.807, 2.05) is 55.5 Å². The molecule has 4 nitrogen and oxygen atoms in total. The lowest BCUT2D eigenvalue weighted by molar-refractivity contribution is -0.122. The smallest absolute Gasteiger partial charge is 0.227 e. The van der Waals surface area contributed by atoms with E-state index >= 15 is 0 Å². The molecule has 0 radical (unpaired) electrons. The first-order valence-corrected chi connectivity index (χ1v) is 7.74. The van der Waals surface area contributed by atoms with Gasteiger partial charge in [0.25, 0.3) is 0 Å². The van der Waals surface area contributed by atoms with Crippen LogP contribution in [-0.2, 0) is 17.8 Å². The molecule has 0 heterocycles. The maximum atomic E-state index is 12.2. The summed E-state index contributed by atoms with van der Waals surface area (Å²) in [4.78, 5) is 12.2. The summed E-state index contributed by atoms with van der Waals surface area (Å²) in [6.45, 7) is 2.54. The number of aliphatic hydroxyl groups is 1. The lowest BCUT2D eigenvalue weighted by atomic mass is 10.00. The van der Waals surface area contributed by atoms with Gasteiger partial charge in [0.05, 0.1) is 19.6 Å². The van der Waals surface area contributed by atoms with Crippen LogP contribution in [0.4, 0.5) is 0 Å². The van der Waals surface area contributed by atoms with E-state index in [1.54, 1.807) is 7.11 Å². The number of rotatable bonds is 7. The lowest BCUT2D eigenvalue weighted by Crippen LogP contribution is -2.29. The molecule has 0 aromatic heterocycles. The average Bonchev–Trinajstić information content (AvgIpc) is 2.61. The molecule has 0 bridgehead atoms. The standard InChI is InChI=1S/C19H23NO3/c1-14(17-7-9-18(23-2)10-8-17)19(22)20-12-11-15-3-5-16(13-21)6-4-15/h3-10,14,21H,11-13H2,1-2H3,(H,20,22). The highest BCUT2D eigenvalue weighted by Gasteiger charge is 2.14. The van der Waals surface area contributed by atoms with Crippen LogP contribution in [0.5, 0.6) is 5.75 Å². The fourth-order valence-electron chi connectivity index (χ4n) is 2.34. The van der Waals surface area contributed by atoms with E-state index in [0.29, 0.717) is 6.54 Å². The van der Waals surface area contributed by atoms with E-state index in [2.05, 4.69) is 5.32 Å². The van der Waals surface area contributed by atoms with E-state index in [4.69, 9.17) is 9.84 Å². The average molecular weight is 313 g/mol. The number of benzene rings is 2. The fraction of sp³-hybridized carbons (Fsp3) is 0.316. The molecule has 0 saturated heterocycles. The maximum absolute atomic E-state index is 12.2. The van der Waals surface area contributed by atoms with Gasteiger partial charge in [-0.3, -0.25) is 4.79 Å². The molecule has 23 heavy (non-hydrogen) atoms. The minimum absolute atomic E-state index is 0.0159. The Kier molecular flexibility index (Phi) is 6.18. The van der Waals surface area contributed by atoms with Crippen LogP contribution in [-0.4, -0.2) is 24.7 Å². The lowest BCUT2D eigenvalue weighted by Gasteiger charge is -2.13. The van der Waals surface area contributed by atoms with Gasteiger partial charge in [-0.25, -0.2) is 0 Å². The number of hydrogen-bond donors (Lipinski definition) is 2. The van der Waals surface area contributed by atoms with Crippen molar-refractivity contribution in [2.45, 2.75) is 25.9 Å². The molecule has 0 aliphatic carbocycles. The molecule has 0 saturated carbocycles. The van der Waals surface area contributed by atoms with Crippen molar-refractivity contribution in [1.82, 2.24) is 5.32 Å². The summed E-state index contributed by atoms with van der Waals surface area (Å²) in [6, 6.07) is 15.3. The van der Waals surface area contributed by atoms with Crippen molar-refractivity contribution < 1.29 is 14.6 Å². The number of nitrogens with one attached hydrogen (secondary N) is 1. The molecule has 0 fully saturated rings. The molecule has 0 spiro atoms. The summed E-state index contributed by atoms with van der Waals surface area (Å²) in [5.74, 6) is 0.604. The highest BCUT2D eigenvalue weighted by atomic mass is 16.5. The third kappa shape index (κ3) is 4.83. The Balaban J connectivity index is 1.83. The van der Waals surface area contributed by atoms with Crippen molar-refractivity contribution in [3.8, 4) is 5.75 Å². The van der Waals surface area contributed by atoms with Gasteiger partial charge in [-0.15, -0.1) is 0 Å². The van der Waals surface area contributed by atoms with Gasteiger partial charge < -0.3 is 15.2 Å². The Hall–Kier alpha value is -2.33. The quantitative estimate of drug-likeness (QED) is 0.826. The molecule has 1 atom stereocenters. The number of amides is 1. The van der Waals surface area contributed by atoms with Crippen molar-refractivity contribution in [3.05, 3.63) is 65.2 Å². The van der Waals surface area contributed by atoms with Crippen LogP contribution in [0.25, 0.3) is 0 Å². The predicted octanol–water partition coefficient (Wildman–Crippen LogP) is 2.65. The minimum Gasteiger partial charge on any atom is -0.497 e. The molecule has 2 N–H and O–H groups in total. The highest BCUT2D eigenvalue weighted by molar-refractivity contribution is 5.83. The molecule has 2 rings (SSSR count). The first-order chi connectivity index (χ1) is 11.1. The van der Waals surface area contributed by atoms with Gasteiger partial charge in [0.15, 0.2) is 0 Å². The van der Waals surface area contributed by atoms with E-state index in [-0.39, 0.29) is 18.4 Å². The molecule has 0 aliphatic rings. The maximum Gasteiger partial charge on any atom is 0.227 e. The molecule has 2 aromatic rings. The van der Waals surface area contributed by atoms with Crippen molar-refractivity contribution >= 4 is 5.91 Å². The number of carbonyl (C=O) groups excluding carboxylic acids is 1. The van der Waals surface area contributed by atoms with Crippen molar-refractivity contribution in [1.29, 1.82) is 0 Å². The Labute approximate surface area is 137 Å². The van der Waals surface area contributed by atoms with Gasteiger partial charge in [-0.1, -0.05) is 36.4 Å². The normalized spacial score (nSPS) is 11.8. The predicted molar refractivity (Wildman–Crippen MR) is 90.5 cm³/mol. The van der Waals surface area contributed by atoms with Gasteiger partial charge in [-0.05, 0) is 42.2 Å². The van der Waals surface area contributed by atoms with E-state index in [1.165, 1.54) is 0 Å². The topological polar surface area (TPSA) is 58.6 Å². The minimum atomic E-state index is -0.197. The number of aliphatic hydroxyl groups excluding tert-OH is 1. The molecule has 4 heteroatoms. The Bertz CT molecular complexity index is 620. The molecular weight excluding hydrogens is 290 g/mol. The SMILES string of the molecule is COc1ccc(C(C)C(=O)NCCc2ccc(CO)cc2)cc1. The molecule has 1 unspecified atom stereocenters. The van der Waals surface area contributed by atoms with Gasteiger partial charge in [-0.2, -0.15) is 0 Å². The Morgan fingerprint density at radius 2 is 1.70 bits per heavy atom. The monoisotopic (exact) mass is 313 g/mol. The summed E-state index contributed by atoms with van der Waals surface area (Å²) in [6.07, 6.45) is 0.771. The zero-order valence-corrected chi connectivity index (χ0v) is 13.6. The van der Waals surface area contributed by atoms with Gasteiger partial charge in [0.2, 0.25) is 5.91 Å². The summed E-state index contributed by atoms with van der Waals surface area (Å²) in [5.41, 5.74) is 3.00. The summed E-state index contributed by atoms with van der Waals surface area (Å²) < 4.78 is 5.12. The zero-order valence-electron chi connectivity index (χ0n) is 13.6. The third-order valence-corrected chi connectivity index (χ3v) is 3.93. The zero-order chi connectivity index (χ0) is 16.7. The molecule has 1 amide bonds. The van der Waals surface area contributed by atoms with Crippen LogP contribution in [0.1, 0.15) is 29.5 Å². The first kappa shape index (κ1) is 17.0. The number of ether oxygens (including phenoxy) is 1. The van der Waals surface area contributed by atoms with Gasteiger partial charge in [0, 0.05) is 6.54 Å². The molecule has 2 aromatic carbocycles. The van der Waals surface area contributed by atoms with Crippen molar-refractivity contribution in [2.24, 2.45) is 0 Å². The molecular formula is C19H23NO3. The largest absolute Gasteiger partial charge is 0.497 e. The first-order valence-electron chi connectivity index (χ1n) is 7.74. The van der Waals surface area contributed by atoms with Crippen molar-refractivity contribution in [2.75, 3.05) is 13.7 Å². The second kappa shape index (κ2) is 8.34. The third-order valence-electron chi connectivity index (χ3n) is 3.93. The number of hydrogen-bond acceptors (Lipinski definition) is 3. The molecule has 0 aliphatic heterocycles. The fourth-order valence-corrected chi connectivity index (χ4v) is 2.34. The second-order valence-corrected chi connectivity index (χ2v) is 5.51. The van der Waals surface area contributed by atoms with E-state index < -0.39 is 0 Å². The van der Waals surface area contributed by atoms with Crippen LogP contribution in [0.15, 0.2) is 48.5 Å². The number of methoxy groups -OCH3 is 1. The Morgan fingerprint density at radius 1 is 1.09 bits per heavy atom. The second-order valence-electron chi connectivity index (χ2n) is 5.51. The number of carbonyl (C=O) groups is 1. The van der Waals surface area contributed by atoms with Crippen LogP contribution < -0.4 is 10.1 Å². The summed E-state index contributed by atoms with van der Waals surface area (Å²) in [5, 5.41) is 12.0. The molecule has 122 valence electrons. The van der Waals surface area contributed by atoms with Crippen LogP contribution in [0, 0.1) is 0 Å². The summed E-state index contributed by atoms with van der Waals surface area (Å²) in [7, 11) is 1.62. The van der Waals surface area contributed by atoms with Gasteiger partial charge in [0.1, 0.15) is 5.75 Å². The van der Waals surface area contributed by atoms with Crippen molar-refractivity contribution in [3.63, 3.8) is 0 Å². The van der Waals surface area contributed by atoms with Crippen LogP contribution in [0.3, 0.4) is 0 Å². The van der Waals surface area contributed by atoms with Gasteiger partial charge >= 0.3 is 0 Å². The van der Waals surface area contributed by atoms with E-state index in [0.717, 1.165) is 28.9 Å². The highest BCUT2D eigenvalue weighted by Crippen LogP contribution is 2.19. The summed E-state index contributed by atoms with van der Waals surface area (Å²) >= 11 is 0. The van der Waals surface area contributed by atoms with Crippen LogP contribution in [0.2, 0.25) is 0 Å².